The predicted octanol–water partition coefficient (Wildman–Crippen LogP) is 2.51. The van der Waals surface area contributed by atoms with E-state index >= 15 is 0 Å². The van der Waals surface area contributed by atoms with Crippen molar-refractivity contribution in [3.05, 3.63) is 45.7 Å². The summed E-state index contributed by atoms with van der Waals surface area (Å²) in [7, 11) is 1.82. The minimum Gasteiger partial charge on any atom is -0.384 e. The number of nitrogens with two attached hydrogens (primary N) is 1. The summed E-state index contributed by atoms with van der Waals surface area (Å²) in [5, 5.41) is 7.29. The Morgan fingerprint density at radius 3 is 2.79 bits per heavy atom. The average Bonchev–Trinajstić information content (AvgIpc) is 2.74. The van der Waals surface area contributed by atoms with E-state index in [-0.39, 0.29) is 11.7 Å². The normalized spacial score (nSPS) is 10.5. The Labute approximate surface area is 115 Å². The molecule has 0 fully saturated rings. The van der Waals surface area contributed by atoms with Gasteiger partial charge >= 0.3 is 0 Å². The Hall–Kier alpha value is -1.95. The predicted molar refractivity (Wildman–Crippen MR) is 76.4 cm³/mol. The van der Waals surface area contributed by atoms with Crippen LogP contribution in [0.25, 0.3) is 0 Å². The molecule has 3 N–H and O–H groups in total. The molecule has 0 spiro atoms. The van der Waals surface area contributed by atoms with E-state index in [0.717, 1.165) is 10.6 Å². The van der Waals surface area contributed by atoms with E-state index in [1.807, 2.05) is 18.9 Å². The van der Waals surface area contributed by atoms with Crippen LogP contribution in [0.4, 0.5) is 10.1 Å². The number of amidine groups is 1. The van der Waals surface area contributed by atoms with Crippen molar-refractivity contribution in [2.24, 2.45) is 5.73 Å². The van der Waals surface area contributed by atoms with Crippen LogP contribution in [-0.2, 0) is 6.54 Å². The molecule has 0 aliphatic rings. The highest BCUT2D eigenvalue weighted by atomic mass is 32.1. The van der Waals surface area contributed by atoms with Crippen molar-refractivity contribution in [2.75, 3.05) is 11.9 Å². The van der Waals surface area contributed by atoms with E-state index in [0.29, 0.717) is 17.8 Å². The zero-order valence-electron chi connectivity index (χ0n) is 10.8. The number of anilines is 1. The summed E-state index contributed by atoms with van der Waals surface area (Å²) in [4.78, 5) is 7.10. The lowest BCUT2D eigenvalue weighted by Crippen LogP contribution is -2.18. The Kier molecular flexibility index (Phi) is 3.80. The third-order valence-corrected chi connectivity index (χ3v) is 3.82. The molecule has 2 rings (SSSR count). The fourth-order valence-corrected chi connectivity index (χ4v) is 2.59. The molecule has 1 aromatic heterocycles. The number of hydrogen-bond acceptors (Lipinski definition) is 4. The zero-order valence-corrected chi connectivity index (χ0v) is 11.6. The first-order chi connectivity index (χ1) is 8.99. The number of halogens is 1. The van der Waals surface area contributed by atoms with Gasteiger partial charge in [-0.3, -0.25) is 5.41 Å². The van der Waals surface area contributed by atoms with Crippen molar-refractivity contribution in [1.82, 2.24) is 4.98 Å². The van der Waals surface area contributed by atoms with Gasteiger partial charge in [-0.05, 0) is 25.1 Å². The fourth-order valence-electron chi connectivity index (χ4n) is 1.76. The second kappa shape index (κ2) is 5.36. The summed E-state index contributed by atoms with van der Waals surface area (Å²) >= 11 is 1.56. The molecular formula is C13H15FN4S. The van der Waals surface area contributed by atoms with E-state index in [9.17, 15) is 4.39 Å². The first-order valence-corrected chi connectivity index (χ1v) is 6.61. The lowest BCUT2D eigenvalue weighted by Gasteiger charge is -2.19. The molecule has 0 atom stereocenters. The molecule has 0 unspecified atom stereocenters. The van der Waals surface area contributed by atoms with E-state index < -0.39 is 0 Å². The molecule has 0 aliphatic heterocycles. The molecule has 0 saturated heterocycles. The molecule has 4 nitrogen and oxygen atoms in total. The van der Waals surface area contributed by atoms with Gasteiger partial charge in [-0.15, -0.1) is 11.3 Å². The second-order valence-corrected chi connectivity index (χ2v) is 5.24. The molecule has 0 amide bonds. The second-order valence-electron chi connectivity index (χ2n) is 4.30. The molecule has 1 aromatic carbocycles. The topological polar surface area (TPSA) is 66.0 Å². The number of nitrogen functional groups attached to an aromatic ring is 1. The highest BCUT2D eigenvalue weighted by Gasteiger charge is 2.12. The van der Waals surface area contributed by atoms with Crippen molar-refractivity contribution < 1.29 is 4.39 Å². The molecule has 0 aliphatic carbocycles. The Morgan fingerprint density at radius 2 is 2.26 bits per heavy atom. The summed E-state index contributed by atoms with van der Waals surface area (Å²) in [5.74, 6) is -0.510. The number of aromatic nitrogens is 1. The quantitative estimate of drug-likeness (QED) is 0.667. The van der Waals surface area contributed by atoms with Gasteiger partial charge in [0.1, 0.15) is 11.7 Å². The van der Waals surface area contributed by atoms with Crippen LogP contribution in [-0.4, -0.2) is 17.9 Å². The van der Waals surface area contributed by atoms with Crippen LogP contribution in [0.2, 0.25) is 0 Å². The monoisotopic (exact) mass is 278 g/mol. The summed E-state index contributed by atoms with van der Waals surface area (Å²) in [6, 6.07) is 4.58. The van der Waals surface area contributed by atoms with Crippen molar-refractivity contribution in [3.63, 3.8) is 0 Å². The van der Waals surface area contributed by atoms with Crippen molar-refractivity contribution in [1.29, 1.82) is 5.41 Å². The summed E-state index contributed by atoms with van der Waals surface area (Å²) < 4.78 is 14.0. The molecular weight excluding hydrogens is 263 g/mol. The number of nitrogens with zero attached hydrogens (tertiary/aromatic N) is 2. The van der Waals surface area contributed by atoms with Crippen molar-refractivity contribution in [3.8, 4) is 0 Å². The minimum atomic E-state index is -0.377. The maximum absolute atomic E-state index is 14.0. The van der Waals surface area contributed by atoms with Crippen LogP contribution < -0.4 is 10.6 Å². The van der Waals surface area contributed by atoms with Crippen molar-refractivity contribution >= 4 is 22.9 Å². The lowest BCUT2D eigenvalue weighted by molar-refractivity contribution is 0.622. The Morgan fingerprint density at radius 1 is 1.53 bits per heavy atom. The fraction of sp³-hybridized carbons (Fsp3) is 0.231. The van der Waals surface area contributed by atoms with Gasteiger partial charge in [0.25, 0.3) is 0 Å². The lowest BCUT2D eigenvalue weighted by atomic mass is 10.1. The first-order valence-electron chi connectivity index (χ1n) is 5.73. The number of hydrogen-bond donors (Lipinski definition) is 2. The summed E-state index contributed by atoms with van der Waals surface area (Å²) in [6.45, 7) is 2.54. The summed E-state index contributed by atoms with van der Waals surface area (Å²) in [6.07, 6.45) is 0. The van der Waals surface area contributed by atoms with Crippen LogP contribution in [0, 0.1) is 18.2 Å². The molecule has 0 saturated carbocycles. The van der Waals surface area contributed by atoms with Gasteiger partial charge in [0.15, 0.2) is 0 Å². The van der Waals surface area contributed by atoms with Gasteiger partial charge in [-0.2, -0.15) is 0 Å². The number of thiazole rings is 1. The number of benzene rings is 1. The third kappa shape index (κ3) is 2.90. The third-order valence-electron chi connectivity index (χ3n) is 2.90. The SMILES string of the molecule is Cc1ncsc1CN(C)c1ccc(C(=N)N)cc1F. The smallest absolute Gasteiger partial charge is 0.147 e. The van der Waals surface area contributed by atoms with Crippen LogP contribution in [0.15, 0.2) is 23.7 Å². The highest BCUT2D eigenvalue weighted by molar-refractivity contribution is 7.09. The van der Waals surface area contributed by atoms with Crippen LogP contribution in [0.5, 0.6) is 0 Å². The zero-order chi connectivity index (χ0) is 14.0. The summed E-state index contributed by atoms with van der Waals surface area (Å²) in [5.41, 5.74) is 8.97. The van der Waals surface area contributed by atoms with Gasteiger partial charge in [-0.1, -0.05) is 0 Å². The minimum absolute atomic E-state index is 0.133. The van der Waals surface area contributed by atoms with E-state index in [4.69, 9.17) is 11.1 Å². The Bertz CT molecular complexity index is 608. The largest absolute Gasteiger partial charge is 0.384 e. The Balaban J connectivity index is 2.22. The molecule has 0 radical (unpaired) electrons. The van der Waals surface area contributed by atoms with Crippen LogP contribution in [0.1, 0.15) is 16.1 Å². The van der Waals surface area contributed by atoms with E-state index in [1.54, 1.807) is 29.0 Å². The molecule has 1 heterocycles. The first kappa shape index (κ1) is 13.5. The van der Waals surface area contributed by atoms with Gasteiger partial charge < -0.3 is 10.6 Å². The molecule has 100 valence electrons. The molecule has 19 heavy (non-hydrogen) atoms. The van der Waals surface area contributed by atoms with E-state index in [2.05, 4.69) is 4.98 Å². The average molecular weight is 278 g/mol. The number of aryl methyl sites for hydroxylation is 1. The van der Waals surface area contributed by atoms with Gasteiger partial charge in [0, 0.05) is 17.5 Å². The maximum Gasteiger partial charge on any atom is 0.147 e. The van der Waals surface area contributed by atoms with E-state index in [1.165, 1.54) is 6.07 Å². The van der Waals surface area contributed by atoms with Crippen LogP contribution >= 0.6 is 11.3 Å². The van der Waals surface area contributed by atoms with Gasteiger partial charge in [0.2, 0.25) is 0 Å². The standard InChI is InChI=1S/C13H15FN4S/c1-8-12(19-7-17-8)6-18(2)11-4-3-9(13(15)16)5-10(11)14/h3-5,7H,6H2,1-2H3,(H3,15,16). The number of nitrogens with one attached hydrogen (secondary N) is 1. The highest BCUT2D eigenvalue weighted by Crippen LogP contribution is 2.23. The molecule has 6 heteroatoms. The van der Waals surface area contributed by atoms with Crippen molar-refractivity contribution in [2.45, 2.75) is 13.5 Å². The van der Waals surface area contributed by atoms with Gasteiger partial charge in [-0.25, -0.2) is 9.37 Å². The maximum atomic E-state index is 14.0. The van der Waals surface area contributed by atoms with Crippen LogP contribution in [0.3, 0.4) is 0 Å². The number of rotatable bonds is 4. The molecule has 0 bridgehead atoms. The molecule has 2 aromatic rings. The van der Waals surface area contributed by atoms with Gasteiger partial charge in [0.05, 0.1) is 23.4 Å².